The third-order valence-electron chi connectivity index (χ3n) is 4.99. The number of hydrogen-bond donors (Lipinski definition) is 0. The van der Waals surface area contributed by atoms with E-state index in [0.29, 0.717) is 36.8 Å². The van der Waals surface area contributed by atoms with Gasteiger partial charge in [0.15, 0.2) is 5.82 Å². The molecule has 0 radical (unpaired) electrons. The summed E-state index contributed by atoms with van der Waals surface area (Å²) in [6.45, 7) is 4.71. The number of hydrogen-bond acceptors (Lipinski definition) is 7. The SMILES string of the molecule is Cc1cnc(C(=O)N2CCCN(C(=O)c3ccccc3)C(c3nc(C)no3)C2)cn1. The molecule has 2 amide bonds. The van der Waals surface area contributed by atoms with Crippen LogP contribution >= 0.6 is 0 Å². The van der Waals surface area contributed by atoms with Gasteiger partial charge in [-0.2, -0.15) is 4.98 Å². The maximum Gasteiger partial charge on any atom is 0.274 e. The van der Waals surface area contributed by atoms with Crippen molar-refractivity contribution < 1.29 is 14.1 Å². The molecule has 2 aromatic heterocycles. The van der Waals surface area contributed by atoms with Gasteiger partial charge in [0.2, 0.25) is 0 Å². The van der Waals surface area contributed by atoms with Gasteiger partial charge in [-0.05, 0) is 32.4 Å². The minimum Gasteiger partial charge on any atom is -0.337 e. The fourth-order valence-electron chi connectivity index (χ4n) is 3.49. The fraction of sp³-hybridized carbons (Fsp3) is 0.333. The van der Waals surface area contributed by atoms with Crippen LogP contribution in [0.5, 0.6) is 0 Å². The summed E-state index contributed by atoms with van der Waals surface area (Å²) < 4.78 is 5.40. The number of nitrogens with zero attached hydrogens (tertiary/aromatic N) is 6. The molecule has 1 unspecified atom stereocenters. The molecule has 1 aliphatic heterocycles. The molecule has 1 aliphatic rings. The van der Waals surface area contributed by atoms with Crippen LogP contribution in [0.3, 0.4) is 0 Å². The topological polar surface area (TPSA) is 105 Å². The molecule has 0 saturated carbocycles. The lowest BCUT2D eigenvalue weighted by Gasteiger charge is -2.29. The molecule has 0 aliphatic carbocycles. The fourth-order valence-corrected chi connectivity index (χ4v) is 3.49. The molecule has 1 atom stereocenters. The normalized spacial score (nSPS) is 16.9. The second-order valence-corrected chi connectivity index (χ2v) is 7.21. The Balaban J connectivity index is 1.65. The number of benzene rings is 1. The number of aryl methyl sites for hydroxylation is 2. The highest BCUT2D eigenvalue weighted by atomic mass is 16.5. The van der Waals surface area contributed by atoms with Gasteiger partial charge < -0.3 is 14.3 Å². The van der Waals surface area contributed by atoms with E-state index < -0.39 is 6.04 Å². The zero-order valence-electron chi connectivity index (χ0n) is 16.9. The summed E-state index contributed by atoms with van der Waals surface area (Å²) in [7, 11) is 0. The highest BCUT2D eigenvalue weighted by molar-refractivity contribution is 5.95. The number of aromatic nitrogens is 4. The van der Waals surface area contributed by atoms with Crippen molar-refractivity contribution in [2.24, 2.45) is 0 Å². The lowest BCUT2D eigenvalue weighted by atomic mass is 10.1. The Morgan fingerprint density at radius 1 is 1.03 bits per heavy atom. The third-order valence-corrected chi connectivity index (χ3v) is 4.99. The minimum atomic E-state index is -0.552. The average molecular weight is 406 g/mol. The highest BCUT2D eigenvalue weighted by Gasteiger charge is 2.35. The van der Waals surface area contributed by atoms with Crippen molar-refractivity contribution in [1.29, 1.82) is 0 Å². The number of amides is 2. The number of carbonyl (C=O) groups is 2. The molecule has 1 fully saturated rings. The van der Waals surface area contributed by atoms with Crippen LogP contribution in [0.25, 0.3) is 0 Å². The van der Waals surface area contributed by atoms with E-state index in [0.717, 1.165) is 5.69 Å². The maximum atomic E-state index is 13.2. The van der Waals surface area contributed by atoms with Crippen LogP contribution in [-0.4, -0.2) is 61.4 Å². The van der Waals surface area contributed by atoms with Crippen molar-refractivity contribution in [3.05, 3.63) is 71.4 Å². The molecule has 0 bridgehead atoms. The van der Waals surface area contributed by atoms with E-state index >= 15 is 0 Å². The Morgan fingerprint density at radius 2 is 1.83 bits per heavy atom. The molecule has 1 aromatic carbocycles. The zero-order valence-corrected chi connectivity index (χ0v) is 16.9. The van der Waals surface area contributed by atoms with Gasteiger partial charge in [-0.3, -0.25) is 14.6 Å². The molecule has 9 heteroatoms. The highest BCUT2D eigenvalue weighted by Crippen LogP contribution is 2.26. The van der Waals surface area contributed by atoms with Crippen molar-refractivity contribution >= 4 is 11.8 Å². The van der Waals surface area contributed by atoms with Gasteiger partial charge in [-0.1, -0.05) is 23.4 Å². The quantitative estimate of drug-likeness (QED) is 0.656. The van der Waals surface area contributed by atoms with E-state index in [1.165, 1.54) is 6.20 Å². The van der Waals surface area contributed by atoms with Crippen molar-refractivity contribution in [3.63, 3.8) is 0 Å². The summed E-state index contributed by atoms with van der Waals surface area (Å²) in [5.74, 6) is 0.411. The molecular weight excluding hydrogens is 384 g/mol. The Bertz CT molecular complexity index is 1030. The number of rotatable bonds is 3. The van der Waals surface area contributed by atoms with Crippen molar-refractivity contribution in [2.75, 3.05) is 19.6 Å². The van der Waals surface area contributed by atoms with E-state index in [2.05, 4.69) is 20.1 Å². The summed E-state index contributed by atoms with van der Waals surface area (Å²) in [6, 6.07) is 8.50. The van der Waals surface area contributed by atoms with Crippen LogP contribution < -0.4 is 0 Å². The van der Waals surface area contributed by atoms with Gasteiger partial charge in [-0.25, -0.2) is 4.98 Å². The summed E-state index contributed by atoms with van der Waals surface area (Å²) in [4.78, 5) is 42.4. The van der Waals surface area contributed by atoms with E-state index in [-0.39, 0.29) is 24.1 Å². The Labute approximate surface area is 173 Å². The van der Waals surface area contributed by atoms with E-state index in [9.17, 15) is 9.59 Å². The minimum absolute atomic E-state index is 0.138. The molecule has 1 saturated heterocycles. The molecule has 9 nitrogen and oxygen atoms in total. The summed E-state index contributed by atoms with van der Waals surface area (Å²) in [5.41, 5.74) is 1.58. The van der Waals surface area contributed by atoms with Crippen LogP contribution in [0.2, 0.25) is 0 Å². The first-order valence-corrected chi connectivity index (χ1v) is 9.77. The standard InChI is InChI=1S/C21H22N6O3/c1-14-11-23-17(12-22-14)21(29)26-9-6-10-27(20(28)16-7-4-3-5-8-16)18(13-26)19-24-15(2)25-30-19/h3-5,7-8,11-12,18H,6,9-10,13H2,1-2H3. The van der Waals surface area contributed by atoms with E-state index in [1.807, 2.05) is 25.1 Å². The largest absolute Gasteiger partial charge is 0.337 e. The number of carbonyl (C=O) groups excluding carboxylic acids is 2. The predicted molar refractivity (Wildman–Crippen MR) is 107 cm³/mol. The molecule has 3 heterocycles. The molecular formula is C21H22N6O3. The van der Waals surface area contributed by atoms with Crippen molar-refractivity contribution in [3.8, 4) is 0 Å². The maximum absolute atomic E-state index is 13.2. The van der Waals surface area contributed by atoms with Gasteiger partial charge in [-0.15, -0.1) is 0 Å². The van der Waals surface area contributed by atoms with E-state index in [1.54, 1.807) is 35.1 Å². The first kappa shape index (κ1) is 19.7. The second kappa shape index (κ2) is 8.40. The predicted octanol–water partition coefficient (Wildman–Crippen LogP) is 2.21. The molecule has 154 valence electrons. The van der Waals surface area contributed by atoms with Crippen LogP contribution in [0.1, 0.15) is 50.7 Å². The van der Waals surface area contributed by atoms with Gasteiger partial charge in [0, 0.05) is 24.8 Å². The Kier molecular flexibility index (Phi) is 5.51. The van der Waals surface area contributed by atoms with E-state index in [4.69, 9.17) is 4.52 Å². The van der Waals surface area contributed by atoms with Crippen LogP contribution in [0.4, 0.5) is 0 Å². The Hall–Kier alpha value is -3.62. The Morgan fingerprint density at radius 3 is 2.50 bits per heavy atom. The van der Waals surface area contributed by atoms with Crippen LogP contribution in [0, 0.1) is 13.8 Å². The van der Waals surface area contributed by atoms with Crippen molar-refractivity contribution in [2.45, 2.75) is 26.3 Å². The lowest BCUT2D eigenvalue weighted by molar-refractivity contribution is 0.0590. The smallest absolute Gasteiger partial charge is 0.274 e. The van der Waals surface area contributed by atoms with Gasteiger partial charge >= 0.3 is 0 Å². The average Bonchev–Trinajstić information content (AvgIpc) is 3.07. The lowest BCUT2D eigenvalue weighted by Crippen LogP contribution is -2.40. The van der Waals surface area contributed by atoms with Crippen LogP contribution in [0.15, 0.2) is 47.2 Å². The zero-order chi connectivity index (χ0) is 21.1. The first-order valence-electron chi connectivity index (χ1n) is 9.77. The van der Waals surface area contributed by atoms with Crippen molar-refractivity contribution in [1.82, 2.24) is 29.9 Å². The van der Waals surface area contributed by atoms with Gasteiger partial charge in [0.1, 0.15) is 11.7 Å². The summed E-state index contributed by atoms with van der Waals surface area (Å²) >= 11 is 0. The first-order chi connectivity index (χ1) is 14.5. The van der Waals surface area contributed by atoms with Gasteiger partial charge in [0.05, 0.1) is 18.4 Å². The summed E-state index contributed by atoms with van der Waals surface area (Å²) in [5, 5.41) is 3.88. The monoisotopic (exact) mass is 406 g/mol. The molecule has 0 spiro atoms. The van der Waals surface area contributed by atoms with Gasteiger partial charge in [0.25, 0.3) is 17.7 Å². The van der Waals surface area contributed by atoms with Crippen LogP contribution in [-0.2, 0) is 0 Å². The molecule has 3 aromatic rings. The third kappa shape index (κ3) is 4.05. The molecule has 4 rings (SSSR count). The molecule has 0 N–H and O–H groups in total. The molecule has 30 heavy (non-hydrogen) atoms. The second-order valence-electron chi connectivity index (χ2n) is 7.21. The summed E-state index contributed by atoms with van der Waals surface area (Å²) in [6.07, 6.45) is 3.66.